The molecule has 2 aromatic carbocycles. The summed E-state index contributed by atoms with van der Waals surface area (Å²) < 4.78 is 0. The van der Waals surface area contributed by atoms with E-state index in [2.05, 4.69) is 77.1 Å². The van der Waals surface area contributed by atoms with Gasteiger partial charge in [0, 0.05) is 0 Å². The molecular formula is C23H31Cl2NTi. The predicted molar refractivity (Wildman–Crippen MR) is 123 cm³/mol. The molecule has 0 saturated carbocycles. The molecule has 4 heteroatoms. The van der Waals surface area contributed by atoms with Gasteiger partial charge in [-0.15, -0.1) is 47.9 Å². The number of hydrogen-bond donors (Lipinski definition) is 0. The first-order valence-corrected chi connectivity index (χ1v) is 8.89. The first-order chi connectivity index (χ1) is 11.5. The van der Waals surface area contributed by atoms with Crippen LogP contribution in [0, 0.1) is 12.8 Å². The molecule has 1 nitrogen and oxygen atoms in total. The van der Waals surface area contributed by atoms with Crippen LogP contribution >= 0.6 is 24.8 Å². The molecule has 1 atom stereocenters. The van der Waals surface area contributed by atoms with Crippen molar-refractivity contribution in [1.82, 2.24) is 0 Å². The Morgan fingerprint density at radius 3 is 2.15 bits per heavy atom. The van der Waals surface area contributed by atoms with Gasteiger partial charge in [-0.2, -0.15) is 19.0 Å². The van der Waals surface area contributed by atoms with E-state index in [1.165, 1.54) is 33.1 Å². The standard InChI is InChI=1S/C19H19.C4H10N.2ClH.Ti/c1-12-11-13(2)19(14(12)3)18-10-9-16-7-5-6-8-17(16)15(18)4;1-2-3-4-5;;;/h5-11,13H,4H2,1-3H3;5H,2-4H2,1H3;2*1H;/q2*-1;;;+2. The van der Waals surface area contributed by atoms with Crippen molar-refractivity contribution in [3.05, 3.63) is 77.4 Å². The fourth-order valence-corrected chi connectivity index (χ4v) is 3.35. The summed E-state index contributed by atoms with van der Waals surface area (Å²) in [7, 11) is 0. The van der Waals surface area contributed by atoms with Crippen LogP contribution in [-0.4, -0.2) is 6.54 Å². The van der Waals surface area contributed by atoms with Gasteiger partial charge >= 0.3 is 21.7 Å². The molecule has 0 heterocycles. The van der Waals surface area contributed by atoms with Gasteiger partial charge in [0.15, 0.2) is 0 Å². The fraction of sp³-hybridized carbons (Fsp3) is 0.348. The van der Waals surface area contributed by atoms with Gasteiger partial charge in [-0.1, -0.05) is 79.1 Å². The van der Waals surface area contributed by atoms with E-state index >= 15 is 0 Å². The van der Waals surface area contributed by atoms with Crippen molar-refractivity contribution in [2.24, 2.45) is 5.92 Å². The summed E-state index contributed by atoms with van der Waals surface area (Å²) in [5, 5.41) is 2.53. The van der Waals surface area contributed by atoms with Crippen molar-refractivity contribution in [3.63, 3.8) is 0 Å². The Kier molecular flexibility index (Phi) is 14.2. The number of allylic oxidation sites excluding steroid dienone is 4. The van der Waals surface area contributed by atoms with Gasteiger partial charge in [-0.3, -0.25) is 0 Å². The summed E-state index contributed by atoms with van der Waals surface area (Å²) in [6.07, 6.45) is 4.56. The second kappa shape index (κ2) is 13.5. The molecule has 146 valence electrons. The summed E-state index contributed by atoms with van der Waals surface area (Å²) in [5.41, 5.74) is 13.3. The normalized spacial score (nSPS) is 15.0. The van der Waals surface area contributed by atoms with E-state index in [0.717, 1.165) is 18.4 Å². The van der Waals surface area contributed by atoms with E-state index in [0.29, 0.717) is 12.5 Å². The minimum Gasteiger partial charge on any atom is -0.677 e. The van der Waals surface area contributed by atoms with Crippen molar-refractivity contribution >= 4 is 41.2 Å². The fourth-order valence-electron chi connectivity index (χ4n) is 3.35. The van der Waals surface area contributed by atoms with Crippen LogP contribution in [0.3, 0.4) is 0 Å². The second-order valence-corrected chi connectivity index (χ2v) is 6.59. The molecule has 0 amide bonds. The smallest absolute Gasteiger partial charge is 0.677 e. The molecule has 0 saturated heterocycles. The van der Waals surface area contributed by atoms with Crippen LogP contribution in [0.25, 0.3) is 22.1 Å². The third kappa shape index (κ3) is 6.70. The van der Waals surface area contributed by atoms with Crippen LogP contribution in [0.1, 0.15) is 51.7 Å². The molecule has 0 aliphatic heterocycles. The SMILES string of the molecule is CCCC[NH-].Cl.Cl.[CH2-]c1c(C2=C(C)C(C)=CC2C)ccc2ccccc12.[Ti+2]. The van der Waals surface area contributed by atoms with Crippen LogP contribution in [0.4, 0.5) is 0 Å². The molecule has 1 aliphatic carbocycles. The largest absolute Gasteiger partial charge is 2.00 e. The number of hydrogen-bond acceptors (Lipinski definition) is 0. The van der Waals surface area contributed by atoms with Gasteiger partial charge in [0.25, 0.3) is 0 Å². The number of halogens is 2. The average Bonchev–Trinajstić information content (AvgIpc) is 2.83. The Labute approximate surface area is 192 Å². The van der Waals surface area contributed by atoms with Gasteiger partial charge in [0.1, 0.15) is 0 Å². The van der Waals surface area contributed by atoms with E-state index in [9.17, 15) is 0 Å². The van der Waals surface area contributed by atoms with Gasteiger partial charge < -0.3 is 5.73 Å². The van der Waals surface area contributed by atoms with E-state index in [1.807, 2.05) is 0 Å². The Balaban J connectivity index is 0. The van der Waals surface area contributed by atoms with Crippen LogP contribution in [0.5, 0.6) is 0 Å². The zero-order valence-corrected chi connectivity index (χ0v) is 20.0. The third-order valence-electron chi connectivity index (χ3n) is 4.81. The Morgan fingerprint density at radius 2 is 1.67 bits per heavy atom. The van der Waals surface area contributed by atoms with Crippen molar-refractivity contribution < 1.29 is 21.7 Å². The number of unbranched alkanes of at least 4 members (excludes halogenated alkanes) is 1. The maximum Gasteiger partial charge on any atom is 2.00 e. The average molecular weight is 440 g/mol. The molecule has 0 bridgehead atoms. The van der Waals surface area contributed by atoms with Crippen molar-refractivity contribution in [3.8, 4) is 0 Å². The van der Waals surface area contributed by atoms with Gasteiger partial charge in [-0.05, 0) is 19.8 Å². The molecule has 2 aromatic rings. The minimum atomic E-state index is 0. The van der Waals surface area contributed by atoms with Gasteiger partial charge in [0.05, 0.1) is 0 Å². The van der Waals surface area contributed by atoms with E-state index in [4.69, 9.17) is 5.73 Å². The molecule has 0 aromatic heterocycles. The predicted octanol–water partition coefficient (Wildman–Crippen LogP) is 8.07. The minimum absolute atomic E-state index is 0. The van der Waals surface area contributed by atoms with Crippen LogP contribution in [0.15, 0.2) is 53.6 Å². The van der Waals surface area contributed by atoms with E-state index in [1.54, 1.807) is 0 Å². The monoisotopic (exact) mass is 439 g/mol. The topological polar surface area (TPSA) is 23.8 Å². The quantitative estimate of drug-likeness (QED) is 0.341. The summed E-state index contributed by atoms with van der Waals surface area (Å²) >= 11 is 0. The van der Waals surface area contributed by atoms with Crippen LogP contribution in [-0.2, 0) is 21.7 Å². The summed E-state index contributed by atoms with van der Waals surface area (Å²) in [5.74, 6) is 0.488. The number of benzene rings is 2. The molecule has 3 rings (SSSR count). The molecule has 1 aliphatic rings. The number of nitrogens with one attached hydrogen (secondary N) is 1. The van der Waals surface area contributed by atoms with Crippen molar-refractivity contribution in [2.75, 3.05) is 6.54 Å². The Morgan fingerprint density at radius 1 is 1.04 bits per heavy atom. The zero-order valence-electron chi connectivity index (χ0n) is 16.8. The molecule has 0 radical (unpaired) electrons. The second-order valence-electron chi connectivity index (χ2n) is 6.59. The molecule has 0 fully saturated rings. The van der Waals surface area contributed by atoms with E-state index in [-0.39, 0.29) is 46.5 Å². The van der Waals surface area contributed by atoms with Crippen molar-refractivity contribution in [2.45, 2.75) is 40.5 Å². The van der Waals surface area contributed by atoms with Gasteiger partial charge in [-0.25, -0.2) is 0 Å². The number of rotatable bonds is 3. The summed E-state index contributed by atoms with van der Waals surface area (Å²) in [4.78, 5) is 0. The molecule has 27 heavy (non-hydrogen) atoms. The first kappa shape index (κ1) is 28.5. The van der Waals surface area contributed by atoms with Gasteiger partial charge in [0.2, 0.25) is 0 Å². The molecule has 1 unspecified atom stereocenters. The molecule has 1 N–H and O–H groups in total. The van der Waals surface area contributed by atoms with Crippen molar-refractivity contribution in [1.29, 1.82) is 0 Å². The number of fused-ring (bicyclic) bond motifs is 1. The van der Waals surface area contributed by atoms with Crippen LogP contribution in [0.2, 0.25) is 0 Å². The van der Waals surface area contributed by atoms with Crippen LogP contribution < -0.4 is 0 Å². The Bertz CT molecular complexity index is 779. The Hall–Kier alpha value is -0.696. The summed E-state index contributed by atoms with van der Waals surface area (Å²) in [6.45, 7) is 13.7. The van der Waals surface area contributed by atoms with E-state index < -0.39 is 0 Å². The molecule has 0 spiro atoms. The first-order valence-electron chi connectivity index (χ1n) is 8.89. The summed E-state index contributed by atoms with van der Waals surface area (Å²) in [6, 6.07) is 12.9. The third-order valence-corrected chi connectivity index (χ3v) is 4.81. The zero-order chi connectivity index (χ0) is 17.7. The maximum absolute atomic E-state index is 6.60. The maximum atomic E-state index is 6.60. The molecular weight excluding hydrogens is 409 g/mol.